The van der Waals surface area contributed by atoms with Gasteiger partial charge in [0.15, 0.2) is 0 Å². The van der Waals surface area contributed by atoms with Crippen LogP contribution in [0.2, 0.25) is 0 Å². The second-order valence-electron chi connectivity index (χ2n) is 7.15. The van der Waals surface area contributed by atoms with Crippen molar-refractivity contribution in [3.8, 4) is 11.8 Å². The van der Waals surface area contributed by atoms with Crippen LogP contribution in [0.15, 0.2) is 61.7 Å². The number of benzene rings is 2. The first-order valence-electron chi connectivity index (χ1n) is 10.4. The van der Waals surface area contributed by atoms with E-state index in [1.54, 1.807) is 24.3 Å². The molecular weight excluding hydrogens is 428 g/mol. The Kier molecular flexibility index (Phi) is 8.06. The molecule has 0 radical (unpaired) electrons. The van der Waals surface area contributed by atoms with Crippen LogP contribution in [0, 0.1) is 23.5 Å². The summed E-state index contributed by atoms with van der Waals surface area (Å²) in [6.07, 6.45) is 2.07. The highest BCUT2D eigenvalue weighted by Gasteiger charge is 2.37. The minimum Gasteiger partial charge on any atom is -0.378 e. The molecule has 0 fully saturated rings. The van der Waals surface area contributed by atoms with Gasteiger partial charge >= 0.3 is 0 Å². The number of aliphatic hydroxyl groups is 1. The smallest absolute Gasteiger partial charge is 0.222 e. The lowest BCUT2D eigenvalue weighted by molar-refractivity contribution is -0.0969. The Labute approximate surface area is 191 Å². The van der Waals surface area contributed by atoms with Crippen molar-refractivity contribution >= 4 is 5.57 Å². The third kappa shape index (κ3) is 5.90. The molecule has 3 rings (SSSR count). The van der Waals surface area contributed by atoms with E-state index in [2.05, 4.69) is 28.5 Å². The first-order chi connectivity index (χ1) is 15.9. The van der Waals surface area contributed by atoms with E-state index in [9.17, 15) is 13.9 Å². The number of hydrogen-bond acceptors (Lipinski definition) is 5. The van der Waals surface area contributed by atoms with Crippen LogP contribution in [-0.2, 0) is 21.6 Å². The third-order valence-electron chi connectivity index (χ3n) is 4.94. The third-order valence-corrected chi connectivity index (χ3v) is 4.94. The first-order valence-corrected chi connectivity index (χ1v) is 10.4. The molecule has 1 atom stereocenters. The minimum atomic E-state index is -1.91. The van der Waals surface area contributed by atoms with Gasteiger partial charge in [-0.05, 0) is 55.2 Å². The van der Waals surface area contributed by atoms with Gasteiger partial charge in [-0.15, -0.1) is 0 Å². The zero-order valence-corrected chi connectivity index (χ0v) is 18.5. The summed E-state index contributed by atoms with van der Waals surface area (Å²) in [5.41, 5.74) is -0.566. The Morgan fingerprint density at radius 3 is 2.42 bits per heavy atom. The molecule has 1 heterocycles. The second kappa shape index (κ2) is 11.0. The zero-order chi connectivity index (χ0) is 23.8. The molecule has 2 aromatic carbocycles. The molecule has 0 aliphatic carbocycles. The Bertz CT molecular complexity index is 1130. The van der Waals surface area contributed by atoms with Crippen molar-refractivity contribution in [3.63, 3.8) is 0 Å². The van der Waals surface area contributed by atoms with Crippen molar-refractivity contribution in [2.75, 3.05) is 13.2 Å². The quantitative estimate of drug-likeness (QED) is 0.393. The van der Waals surface area contributed by atoms with Gasteiger partial charge in [0.25, 0.3) is 0 Å². The Morgan fingerprint density at radius 1 is 1.15 bits per heavy atom. The number of nitrogens with zero attached hydrogens (tertiary/aromatic N) is 3. The molecule has 3 aromatic rings. The standard InChI is InChI=1S/C25H25F2N3O3/c1-4-32-24(33-5-2)13-8-19-6-9-20(10-7-19)18(3)25(31,15-30-17-28-16-29-30)22-12-11-21(26)14-23(22)27/h6-7,9-12,14,16-17,24,31H,3-5,15H2,1-2H3. The van der Waals surface area contributed by atoms with E-state index in [0.717, 1.165) is 12.1 Å². The SMILES string of the molecule is C=C(c1ccc(C#CC(OCC)OCC)cc1)C(O)(Cn1cncn1)c1ccc(F)cc1F. The molecule has 172 valence electrons. The van der Waals surface area contributed by atoms with Gasteiger partial charge in [0.2, 0.25) is 6.29 Å². The molecular formula is C25H25F2N3O3. The molecule has 8 heteroatoms. The maximum atomic E-state index is 14.7. The van der Waals surface area contributed by atoms with Crippen LogP contribution in [0.5, 0.6) is 0 Å². The monoisotopic (exact) mass is 453 g/mol. The van der Waals surface area contributed by atoms with Crippen molar-refractivity contribution in [1.29, 1.82) is 0 Å². The Hall–Kier alpha value is -3.38. The number of aromatic nitrogens is 3. The van der Waals surface area contributed by atoms with Crippen molar-refractivity contribution in [1.82, 2.24) is 14.8 Å². The summed E-state index contributed by atoms with van der Waals surface area (Å²) in [5, 5.41) is 15.6. The second-order valence-corrected chi connectivity index (χ2v) is 7.15. The molecule has 0 saturated carbocycles. The topological polar surface area (TPSA) is 69.4 Å². The summed E-state index contributed by atoms with van der Waals surface area (Å²) in [6, 6.07) is 9.95. The molecule has 33 heavy (non-hydrogen) atoms. The lowest BCUT2D eigenvalue weighted by Crippen LogP contribution is -2.34. The van der Waals surface area contributed by atoms with Crippen molar-refractivity contribution in [3.05, 3.63) is 90.0 Å². The summed E-state index contributed by atoms with van der Waals surface area (Å²) >= 11 is 0. The molecule has 0 saturated heterocycles. The number of halogens is 2. The van der Waals surface area contributed by atoms with Gasteiger partial charge in [0.05, 0.1) is 6.54 Å². The fourth-order valence-corrected chi connectivity index (χ4v) is 3.29. The zero-order valence-electron chi connectivity index (χ0n) is 18.5. The van der Waals surface area contributed by atoms with Crippen LogP contribution in [0.1, 0.15) is 30.5 Å². The average Bonchev–Trinajstić information content (AvgIpc) is 3.30. The highest BCUT2D eigenvalue weighted by molar-refractivity contribution is 5.72. The lowest BCUT2D eigenvalue weighted by atomic mass is 9.82. The van der Waals surface area contributed by atoms with Crippen LogP contribution in [0.25, 0.3) is 5.57 Å². The van der Waals surface area contributed by atoms with E-state index in [1.165, 1.54) is 23.4 Å². The van der Waals surface area contributed by atoms with E-state index in [0.29, 0.717) is 24.3 Å². The fraction of sp³-hybridized carbons (Fsp3) is 0.280. The van der Waals surface area contributed by atoms with Crippen LogP contribution >= 0.6 is 0 Å². The molecule has 1 N–H and O–H groups in total. The first kappa shape index (κ1) is 24.3. The maximum Gasteiger partial charge on any atom is 0.222 e. The molecule has 0 spiro atoms. The molecule has 0 amide bonds. The number of ether oxygens (including phenoxy) is 2. The summed E-state index contributed by atoms with van der Waals surface area (Å²) in [5.74, 6) is 4.27. The summed E-state index contributed by atoms with van der Waals surface area (Å²) < 4.78 is 40.4. The fourth-order valence-electron chi connectivity index (χ4n) is 3.29. The molecule has 0 bridgehead atoms. The molecule has 0 aliphatic rings. The van der Waals surface area contributed by atoms with Gasteiger partial charge < -0.3 is 14.6 Å². The molecule has 1 unspecified atom stereocenters. The summed E-state index contributed by atoms with van der Waals surface area (Å²) in [4.78, 5) is 3.86. The van der Waals surface area contributed by atoms with Crippen molar-refractivity contribution in [2.45, 2.75) is 32.3 Å². The highest BCUT2D eigenvalue weighted by Crippen LogP contribution is 2.38. The predicted molar refractivity (Wildman–Crippen MR) is 120 cm³/mol. The lowest BCUT2D eigenvalue weighted by Gasteiger charge is -2.31. The van der Waals surface area contributed by atoms with E-state index in [4.69, 9.17) is 9.47 Å². The Balaban J connectivity index is 1.92. The van der Waals surface area contributed by atoms with Gasteiger partial charge in [-0.25, -0.2) is 18.4 Å². The highest BCUT2D eigenvalue weighted by atomic mass is 19.1. The van der Waals surface area contributed by atoms with E-state index in [-0.39, 0.29) is 17.7 Å². The average molecular weight is 453 g/mol. The molecule has 0 aliphatic heterocycles. The van der Waals surface area contributed by atoms with E-state index >= 15 is 0 Å². The van der Waals surface area contributed by atoms with E-state index < -0.39 is 23.5 Å². The van der Waals surface area contributed by atoms with Gasteiger partial charge in [-0.1, -0.05) is 24.6 Å². The number of hydrogen-bond donors (Lipinski definition) is 1. The van der Waals surface area contributed by atoms with Gasteiger partial charge in [0, 0.05) is 30.4 Å². The minimum absolute atomic E-state index is 0.121. The van der Waals surface area contributed by atoms with Crippen LogP contribution in [0.4, 0.5) is 8.78 Å². The van der Waals surface area contributed by atoms with Gasteiger partial charge in [0.1, 0.15) is 29.9 Å². The predicted octanol–water partition coefficient (Wildman–Crippen LogP) is 3.91. The van der Waals surface area contributed by atoms with Crippen LogP contribution in [0.3, 0.4) is 0 Å². The molecule has 6 nitrogen and oxygen atoms in total. The summed E-state index contributed by atoms with van der Waals surface area (Å²) in [7, 11) is 0. The number of rotatable bonds is 9. The van der Waals surface area contributed by atoms with Crippen molar-refractivity contribution in [2.24, 2.45) is 0 Å². The van der Waals surface area contributed by atoms with E-state index in [1.807, 2.05) is 13.8 Å². The molecule has 1 aromatic heterocycles. The Morgan fingerprint density at radius 2 is 1.85 bits per heavy atom. The van der Waals surface area contributed by atoms with Gasteiger partial charge in [-0.2, -0.15) is 5.10 Å². The van der Waals surface area contributed by atoms with Gasteiger partial charge in [-0.3, -0.25) is 0 Å². The summed E-state index contributed by atoms with van der Waals surface area (Å²) in [6.45, 7) is 8.52. The maximum absolute atomic E-state index is 14.7. The van der Waals surface area contributed by atoms with Crippen LogP contribution < -0.4 is 0 Å². The largest absolute Gasteiger partial charge is 0.378 e. The van der Waals surface area contributed by atoms with Crippen molar-refractivity contribution < 1.29 is 23.4 Å². The normalized spacial score (nSPS) is 12.8. The van der Waals surface area contributed by atoms with Crippen LogP contribution in [-0.4, -0.2) is 39.4 Å².